The van der Waals surface area contributed by atoms with Gasteiger partial charge in [-0.2, -0.15) is 0 Å². The molecule has 0 spiro atoms. The third-order valence-corrected chi connectivity index (χ3v) is 2.13. The van der Waals surface area contributed by atoms with Crippen LogP contribution in [0.4, 0.5) is 0 Å². The maximum Gasteiger partial charge on any atom is 0.356 e. The molecule has 4 nitrogen and oxygen atoms in total. The minimum absolute atomic E-state index is 0.0214. The fourth-order valence-corrected chi connectivity index (χ4v) is 1.51. The largest absolute Gasteiger partial charge is 0.476 e. The number of rotatable bonds is 2. The number of halogens is 1. The lowest BCUT2D eigenvalue weighted by molar-refractivity contribution is 0.0689. The van der Waals surface area contributed by atoms with Crippen molar-refractivity contribution in [3.05, 3.63) is 22.2 Å². The van der Waals surface area contributed by atoms with Gasteiger partial charge in [-0.3, -0.25) is 0 Å². The predicted molar refractivity (Wildman–Crippen MR) is 50.8 cm³/mol. The van der Waals surface area contributed by atoms with E-state index in [1.807, 2.05) is 13.8 Å². The zero-order chi connectivity index (χ0) is 10.0. The molecule has 1 rings (SSSR count). The molecule has 0 saturated carbocycles. The average molecular weight is 245 g/mol. The van der Waals surface area contributed by atoms with Gasteiger partial charge >= 0.3 is 5.97 Å². The summed E-state index contributed by atoms with van der Waals surface area (Å²) < 4.78 is 0.604. The first kappa shape index (κ1) is 10.1. The van der Waals surface area contributed by atoms with Crippen LogP contribution in [0.1, 0.15) is 35.9 Å². The highest BCUT2D eigenvalue weighted by atomic mass is 79.9. The van der Waals surface area contributed by atoms with Crippen LogP contribution < -0.4 is 0 Å². The fraction of sp³-hybridized carbons (Fsp3) is 0.375. The molecule has 0 radical (unpaired) electrons. The minimum Gasteiger partial charge on any atom is -0.476 e. The Morgan fingerprint density at radius 2 is 2.23 bits per heavy atom. The van der Waals surface area contributed by atoms with Crippen molar-refractivity contribution in [3.63, 3.8) is 0 Å². The van der Waals surface area contributed by atoms with Crippen molar-refractivity contribution in [1.82, 2.24) is 9.97 Å². The highest BCUT2D eigenvalue weighted by Crippen LogP contribution is 2.20. The van der Waals surface area contributed by atoms with Crippen molar-refractivity contribution in [1.29, 1.82) is 0 Å². The molecule has 0 aliphatic heterocycles. The summed E-state index contributed by atoms with van der Waals surface area (Å²) in [6, 6.07) is 0. The van der Waals surface area contributed by atoms with Gasteiger partial charge in [0, 0.05) is 0 Å². The Labute approximate surface area is 84.2 Å². The number of hydrogen-bond acceptors (Lipinski definition) is 3. The zero-order valence-electron chi connectivity index (χ0n) is 7.28. The monoisotopic (exact) mass is 244 g/mol. The second-order valence-corrected chi connectivity index (χ2v) is 3.64. The van der Waals surface area contributed by atoms with E-state index in [0.29, 0.717) is 10.3 Å². The fourth-order valence-electron chi connectivity index (χ4n) is 0.859. The van der Waals surface area contributed by atoms with Crippen molar-refractivity contribution < 1.29 is 9.90 Å². The Hall–Kier alpha value is -0.970. The quantitative estimate of drug-likeness (QED) is 0.866. The Morgan fingerprint density at radius 1 is 1.62 bits per heavy atom. The summed E-state index contributed by atoms with van der Waals surface area (Å²) in [5.74, 6) is -0.900. The molecule has 0 aromatic carbocycles. The van der Waals surface area contributed by atoms with Crippen LogP contribution in [-0.2, 0) is 0 Å². The van der Waals surface area contributed by atoms with E-state index in [-0.39, 0.29) is 11.6 Å². The Bertz CT molecular complexity index is 339. The van der Waals surface area contributed by atoms with Gasteiger partial charge in [0.2, 0.25) is 0 Å². The number of hydrogen-bond donors (Lipinski definition) is 1. The van der Waals surface area contributed by atoms with Gasteiger partial charge in [0.05, 0.1) is 11.9 Å². The smallest absolute Gasteiger partial charge is 0.356 e. The van der Waals surface area contributed by atoms with Gasteiger partial charge in [-0.25, -0.2) is 14.8 Å². The maximum absolute atomic E-state index is 10.6. The normalized spacial score (nSPS) is 10.5. The SMILES string of the molecule is CC(C)c1nc(C(=O)O)cnc1Br. The van der Waals surface area contributed by atoms with Crippen LogP contribution in [0.2, 0.25) is 0 Å². The highest BCUT2D eigenvalue weighted by Gasteiger charge is 2.12. The van der Waals surface area contributed by atoms with E-state index in [2.05, 4.69) is 25.9 Å². The molecule has 0 bridgehead atoms. The third-order valence-electron chi connectivity index (χ3n) is 1.52. The molecule has 70 valence electrons. The van der Waals surface area contributed by atoms with Crippen molar-refractivity contribution in [2.45, 2.75) is 19.8 Å². The minimum atomic E-state index is -1.05. The van der Waals surface area contributed by atoms with Crippen LogP contribution in [0, 0.1) is 0 Å². The van der Waals surface area contributed by atoms with Crippen LogP contribution >= 0.6 is 15.9 Å². The van der Waals surface area contributed by atoms with Gasteiger partial charge in [0.1, 0.15) is 4.60 Å². The number of nitrogens with zero attached hydrogens (tertiary/aromatic N) is 2. The van der Waals surface area contributed by atoms with Crippen LogP contribution in [0.3, 0.4) is 0 Å². The second kappa shape index (κ2) is 3.83. The topological polar surface area (TPSA) is 63.1 Å². The molecule has 1 heterocycles. The molecule has 5 heteroatoms. The van der Waals surface area contributed by atoms with Crippen molar-refractivity contribution in [3.8, 4) is 0 Å². The van der Waals surface area contributed by atoms with E-state index in [1.54, 1.807) is 0 Å². The second-order valence-electron chi connectivity index (χ2n) is 2.89. The summed E-state index contributed by atoms with van der Waals surface area (Å²) in [7, 11) is 0. The van der Waals surface area contributed by atoms with E-state index in [9.17, 15) is 4.79 Å². The summed E-state index contributed by atoms with van der Waals surface area (Å²) in [6.45, 7) is 3.86. The molecule has 1 aromatic heterocycles. The molecule has 13 heavy (non-hydrogen) atoms. The van der Waals surface area contributed by atoms with Crippen molar-refractivity contribution in [2.75, 3.05) is 0 Å². The van der Waals surface area contributed by atoms with Crippen LogP contribution in [-0.4, -0.2) is 21.0 Å². The molecule has 0 aliphatic rings. The van der Waals surface area contributed by atoms with Gasteiger partial charge in [-0.1, -0.05) is 13.8 Å². The Balaban J connectivity index is 3.19. The molecule has 0 aliphatic carbocycles. The standard InChI is InChI=1S/C8H9BrN2O2/c1-4(2)6-7(9)10-3-5(11-6)8(12)13/h3-4H,1-2H3,(H,12,13). The summed E-state index contributed by atoms with van der Waals surface area (Å²) in [6.07, 6.45) is 1.23. The van der Waals surface area contributed by atoms with Crippen LogP contribution in [0.15, 0.2) is 10.8 Å². The van der Waals surface area contributed by atoms with Gasteiger partial charge < -0.3 is 5.11 Å². The molecule has 0 fully saturated rings. The molecule has 0 amide bonds. The molecular weight excluding hydrogens is 236 g/mol. The first-order chi connectivity index (χ1) is 6.02. The Morgan fingerprint density at radius 3 is 2.69 bits per heavy atom. The van der Waals surface area contributed by atoms with Gasteiger partial charge in [-0.15, -0.1) is 0 Å². The molecule has 0 atom stereocenters. The molecule has 1 aromatic rings. The molecular formula is C8H9BrN2O2. The van der Waals surface area contributed by atoms with E-state index < -0.39 is 5.97 Å². The van der Waals surface area contributed by atoms with Gasteiger partial charge in [-0.05, 0) is 21.8 Å². The first-order valence-corrected chi connectivity index (χ1v) is 4.57. The lowest BCUT2D eigenvalue weighted by Gasteiger charge is -2.06. The van der Waals surface area contributed by atoms with E-state index >= 15 is 0 Å². The van der Waals surface area contributed by atoms with Crippen molar-refractivity contribution in [2.24, 2.45) is 0 Å². The van der Waals surface area contributed by atoms with Gasteiger partial charge in [0.15, 0.2) is 5.69 Å². The number of aromatic nitrogens is 2. The van der Waals surface area contributed by atoms with Crippen LogP contribution in [0.5, 0.6) is 0 Å². The van der Waals surface area contributed by atoms with Crippen LogP contribution in [0.25, 0.3) is 0 Å². The lowest BCUT2D eigenvalue weighted by Crippen LogP contribution is -2.06. The lowest BCUT2D eigenvalue weighted by atomic mass is 10.1. The Kier molecular flexibility index (Phi) is 2.98. The van der Waals surface area contributed by atoms with Gasteiger partial charge in [0.25, 0.3) is 0 Å². The summed E-state index contributed by atoms with van der Waals surface area (Å²) in [4.78, 5) is 18.4. The number of carboxylic acid groups (broad SMARTS) is 1. The predicted octanol–water partition coefficient (Wildman–Crippen LogP) is 2.06. The highest BCUT2D eigenvalue weighted by molar-refractivity contribution is 9.10. The number of carboxylic acids is 1. The first-order valence-electron chi connectivity index (χ1n) is 3.78. The van der Waals surface area contributed by atoms with Crippen molar-refractivity contribution >= 4 is 21.9 Å². The van der Waals surface area contributed by atoms with E-state index in [1.165, 1.54) is 6.20 Å². The summed E-state index contributed by atoms with van der Waals surface area (Å²) in [5, 5.41) is 8.66. The number of carbonyl (C=O) groups is 1. The summed E-state index contributed by atoms with van der Waals surface area (Å²) >= 11 is 3.21. The molecule has 1 N–H and O–H groups in total. The third kappa shape index (κ3) is 2.24. The zero-order valence-corrected chi connectivity index (χ0v) is 8.87. The molecule has 0 saturated heterocycles. The molecule has 0 unspecified atom stereocenters. The van der Waals surface area contributed by atoms with E-state index in [4.69, 9.17) is 5.11 Å². The summed E-state index contributed by atoms with van der Waals surface area (Å²) in [5.41, 5.74) is 0.645. The average Bonchev–Trinajstić information content (AvgIpc) is 2.04. The number of aromatic carboxylic acids is 1. The maximum atomic E-state index is 10.6. The van der Waals surface area contributed by atoms with E-state index in [0.717, 1.165) is 0 Å².